The maximum absolute atomic E-state index is 11.8. The van der Waals surface area contributed by atoms with Gasteiger partial charge >= 0.3 is 12.0 Å². The lowest BCUT2D eigenvalue weighted by molar-refractivity contribution is -0.133. The van der Waals surface area contributed by atoms with E-state index in [9.17, 15) is 14.4 Å². The number of amides is 3. The Morgan fingerprint density at radius 2 is 1.85 bits per heavy atom. The predicted molar refractivity (Wildman–Crippen MR) is 71.6 cm³/mol. The monoisotopic (exact) mass is 281 g/mol. The zero-order valence-electron chi connectivity index (χ0n) is 12.1. The largest absolute Gasteiger partial charge is 0.478 e. The Morgan fingerprint density at radius 3 is 2.25 bits per heavy atom. The van der Waals surface area contributed by atoms with Gasteiger partial charge < -0.3 is 10.0 Å². The standard InChI is InChI=1S/C13H19N3O4/c1-5-16(7-8(2)6-14)13(20)15-11(17)9(3)10(4)12(18)19/h8H,5,7H2,1-4H3,(H,18,19)(H,15,17,20). The first-order valence-corrected chi connectivity index (χ1v) is 6.15. The molecule has 1 atom stereocenters. The van der Waals surface area contributed by atoms with Crippen LogP contribution in [0.5, 0.6) is 0 Å². The van der Waals surface area contributed by atoms with E-state index in [0.717, 1.165) is 0 Å². The molecule has 1 unspecified atom stereocenters. The number of hydrogen-bond acceptors (Lipinski definition) is 4. The van der Waals surface area contributed by atoms with E-state index in [1.807, 2.05) is 6.07 Å². The molecule has 110 valence electrons. The Balaban J connectivity index is 4.83. The summed E-state index contributed by atoms with van der Waals surface area (Å²) in [4.78, 5) is 35.6. The fourth-order valence-corrected chi connectivity index (χ4v) is 1.33. The molecule has 0 heterocycles. The van der Waals surface area contributed by atoms with Crippen LogP contribution >= 0.6 is 0 Å². The lowest BCUT2D eigenvalue weighted by atomic mass is 10.1. The van der Waals surface area contributed by atoms with Crippen molar-refractivity contribution in [3.8, 4) is 6.07 Å². The van der Waals surface area contributed by atoms with E-state index in [-0.39, 0.29) is 23.6 Å². The molecule has 0 aliphatic rings. The highest BCUT2D eigenvalue weighted by atomic mass is 16.4. The maximum atomic E-state index is 11.8. The molecule has 2 N–H and O–H groups in total. The highest BCUT2D eigenvalue weighted by Gasteiger charge is 2.19. The third-order valence-electron chi connectivity index (χ3n) is 2.83. The topological polar surface area (TPSA) is 111 Å². The minimum absolute atomic E-state index is 0.0322. The Hall–Kier alpha value is -2.36. The average Bonchev–Trinajstić information content (AvgIpc) is 2.41. The fraction of sp³-hybridized carbons (Fsp3) is 0.538. The van der Waals surface area contributed by atoms with Gasteiger partial charge in [-0.25, -0.2) is 9.59 Å². The number of carboxylic acids is 1. The summed E-state index contributed by atoms with van der Waals surface area (Å²) < 4.78 is 0. The summed E-state index contributed by atoms with van der Waals surface area (Å²) in [6.45, 7) is 6.55. The van der Waals surface area contributed by atoms with E-state index >= 15 is 0 Å². The number of aliphatic carboxylic acids is 1. The van der Waals surface area contributed by atoms with Gasteiger partial charge in [0.15, 0.2) is 0 Å². The second-order valence-corrected chi connectivity index (χ2v) is 4.38. The van der Waals surface area contributed by atoms with Crippen LogP contribution in [0.1, 0.15) is 27.7 Å². The summed E-state index contributed by atoms with van der Waals surface area (Å²) in [6, 6.07) is 1.36. The zero-order chi connectivity index (χ0) is 15.9. The van der Waals surface area contributed by atoms with Gasteiger partial charge in [0.05, 0.1) is 12.0 Å². The number of imide groups is 1. The summed E-state index contributed by atoms with van der Waals surface area (Å²) in [5.41, 5.74) is -0.154. The van der Waals surface area contributed by atoms with Crippen molar-refractivity contribution in [1.82, 2.24) is 10.2 Å². The summed E-state index contributed by atoms with van der Waals surface area (Å²) in [7, 11) is 0. The molecule has 0 aliphatic carbocycles. The zero-order valence-corrected chi connectivity index (χ0v) is 12.1. The molecule has 0 aromatic carbocycles. The van der Waals surface area contributed by atoms with E-state index in [1.165, 1.54) is 18.7 Å². The molecule has 0 saturated heterocycles. The highest BCUT2D eigenvalue weighted by Crippen LogP contribution is 2.04. The number of urea groups is 1. The molecule has 0 aliphatic heterocycles. The second-order valence-electron chi connectivity index (χ2n) is 4.38. The number of carboxylic acid groups (broad SMARTS) is 1. The first-order chi connectivity index (χ1) is 9.24. The predicted octanol–water partition coefficient (Wildman–Crippen LogP) is 1.13. The molecule has 0 bridgehead atoms. The summed E-state index contributed by atoms with van der Waals surface area (Å²) in [5.74, 6) is -2.32. The fourth-order valence-electron chi connectivity index (χ4n) is 1.33. The Bertz CT molecular complexity index is 476. The van der Waals surface area contributed by atoms with Crippen molar-refractivity contribution in [2.45, 2.75) is 27.7 Å². The van der Waals surface area contributed by atoms with Crippen LogP contribution in [0.25, 0.3) is 0 Å². The Kier molecular flexibility index (Phi) is 7.00. The van der Waals surface area contributed by atoms with Crippen molar-refractivity contribution in [3.63, 3.8) is 0 Å². The first-order valence-electron chi connectivity index (χ1n) is 6.15. The van der Waals surface area contributed by atoms with Crippen LogP contribution in [0.15, 0.2) is 11.1 Å². The maximum Gasteiger partial charge on any atom is 0.331 e. The van der Waals surface area contributed by atoms with E-state index in [2.05, 4.69) is 5.32 Å². The normalized spacial score (nSPS) is 12.8. The number of rotatable bonds is 5. The molecule has 0 saturated carbocycles. The molecule has 0 radical (unpaired) electrons. The van der Waals surface area contributed by atoms with E-state index in [1.54, 1.807) is 13.8 Å². The number of carbonyl (C=O) groups is 3. The van der Waals surface area contributed by atoms with Crippen molar-refractivity contribution in [3.05, 3.63) is 11.1 Å². The minimum Gasteiger partial charge on any atom is -0.478 e. The number of nitrogens with zero attached hydrogens (tertiary/aromatic N) is 2. The smallest absolute Gasteiger partial charge is 0.331 e. The molecule has 7 heteroatoms. The van der Waals surface area contributed by atoms with Crippen LogP contribution in [0, 0.1) is 17.2 Å². The van der Waals surface area contributed by atoms with Crippen LogP contribution < -0.4 is 5.32 Å². The molecule has 7 nitrogen and oxygen atoms in total. The molecule has 0 aromatic heterocycles. The molecular formula is C13H19N3O4. The molecule has 3 amide bonds. The lowest BCUT2D eigenvalue weighted by Gasteiger charge is -2.22. The van der Waals surface area contributed by atoms with Gasteiger partial charge in [0.2, 0.25) is 0 Å². The van der Waals surface area contributed by atoms with E-state index in [4.69, 9.17) is 10.4 Å². The quantitative estimate of drug-likeness (QED) is 0.734. The van der Waals surface area contributed by atoms with Gasteiger partial charge in [-0.2, -0.15) is 5.26 Å². The van der Waals surface area contributed by atoms with Gasteiger partial charge in [-0.1, -0.05) is 0 Å². The SMILES string of the molecule is CCN(CC(C)C#N)C(=O)NC(=O)C(C)=C(C)C(=O)O. The number of nitriles is 1. The molecule has 0 fully saturated rings. The van der Waals surface area contributed by atoms with Crippen molar-refractivity contribution >= 4 is 17.9 Å². The van der Waals surface area contributed by atoms with Crippen molar-refractivity contribution in [1.29, 1.82) is 5.26 Å². The average molecular weight is 281 g/mol. The minimum atomic E-state index is -1.21. The van der Waals surface area contributed by atoms with Crippen LogP contribution in [-0.2, 0) is 9.59 Å². The summed E-state index contributed by atoms with van der Waals surface area (Å²) >= 11 is 0. The van der Waals surface area contributed by atoms with Gasteiger partial charge in [0, 0.05) is 24.2 Å². The van der Waals surface area contributed by atoms with Crippen LogP contribution in [0.3, 0.4) is 0 Å². The van der Waals surface area contributed by atoms with Crippen LogP contribution in [0.4, 0.5) is 4.79 Å². The van der Waals surface area contributed by atoms with Crippen molar-refractivity contribution < 1.29 is 19.5 Å². The Morgan fingerprint density at radius 1 is 1.30 bits per heavy atom. The van der Waals surface area contributed by atoms with Crippen LogP contribution in [0.2, 0.25) is 0 Å². The first kappa shape index (κ1) is 17.6. The molecule has 0 rings (SSSR count). The van der Waals surface area contributed by atoms with Crippen molar-refractivity contribution in [2.24, 2.45) is 5.92 Å². The highest BCUT2D eigenvalue weighted by molar-refractivity contribution is 6.07. The summed E-state index contributed by atoms with van der Waals surface area (Å²) in [6.07, 6.45) is 0. The van der Waals surface area contributed by atoms with Crippen LogP contribution in [-0.4, -0.2) is 41.0 Å². The molecule has 20 heavy (non-hydrogen) atoms. The van der Waals surface area contributed by atoms with Gasteiger partial charge in [-0.15, -0.1) is 0 Å². The summed E-state index contributed by atoms with van der Waals surface area (Å²) in [5, 5.41) is 19.6. The van der Waals surface area contributed by atoms with Gasteiger partial charge in [0.25, 0.3) is 5.91 Å². The number of nitrogens with one attached hydrogen (secondary N) is 1. The molecule has 0 aromatic rings. The number of hydrogen-bond donors (Lipinski definition) is 2. The van der Waals surface area contributed by atoms with Crippen molar-refractivity contribution in [2.75, 3.05) is 13.1 Å². The Labute approximate surface area is 117 Å². The van der Waals surface area contributed by atoms with E-state index < -0.39 is 17.9 Å². The second kappa shape index (κ2) is 7.94. The lowest BCUT2D eigenvalue weighted by Crippen LogP contribution is -2.44. The third kappa shape index (κ3) is 5.10. The van der Waals surface area contributed by atoms with Gasteiger partial charge in [-0.3, -0.25) is 10.1 Å². The molecular weight excluding hydrogens is 262 g/mol. The third-order valence-corrected chi connectivity index (χ3v) is 2.83. The molecule has 0 spiro atoms. The van der Waals surface area contributed by atoms with Gasteiger partial charge in [-0.05, 0) is 27.7 Å². The van der Waals surface area contributed by atoms with E-state index in [0.29, 0.717) is 6.54 Å². The number of carbonyl (C=O) groups excluding carboxylic acids is 2. The van der Waals surface area contributed by atoms with Gasteiger partial charge in [0.1, 0.15) is 0 Å².